The first kappa shape index (κ1) is 48.3. The van der Waals surface area contributed by atoms with Gasteiger partial charge in [-0.2, -0.15) is 0 Å². The summed E-state index contributed by atoms with van der Waals surface area (Å²) in [6, 6.07) is 19.8. The average molecular weight is 975 g/mol. The van der Waals surface area contributed by atoms with Gasteiger partial charge in [-0.25, -0.2) is 18.1 Å². The second-order valence-corrected chi connectivity index (χ2v) is 24.5. The number of fused-ring (bicyclic) bond motifs is 1. The Morgan fingerprint density at radius 2 is 1.76 bits per heavy atom. The molecular weight excluding hydrogens is 915 g/mol. The van der Waals surface area contributed by atoms with Gasteiger partial charge >= 0.3 is 0 Å². The minimum atomic E-state index is -4.63. The molecule has 356 valence electrons. The fourth-order valence-corrected chi connectivity index (χ4v) is 12.0. The number of carbonyl (C=O) groups is 1. The van der Waals surface area contributed by atoms with Gasteiger partial charge in [-0.15, -0.1) is 0 Å². The van der Waals surface area contributed by atoms with E-state index >= 15 is 0 Å². The lowest BCUT2D eigenvalue weighted by molar-refractivity contribution is -0.384. The maximum Gasteiger partial charge on any atom is 0.293 e. The number of amides is 1. The number of sulfonamides is 1. The number of aromatic nitrogens is 2. The molecule has 1 amide bonds. The lowest BCUT2D eigenvalue weighted by Crippen LogP contribution is -2.51. The second kappa shape index (κ2) is 19.8. The van der Waals surface area contributed by atoms with Gasteiger partial charge in [0, 0.05) is 87.3 Å². The molecule has 2 aromatic heterocycles. The molecule has 2 fully saturated rings. The number of aromatic amines is 1. The van der Waals surface area contributed by atoms with Crippen molar-refractivity contribution in [1.82, 2.24) is 24.5 Å². The smallest absolute Gasteiger partial charge is 0.293 e. The number of benzene rings is 3. The Morgan fingerprint density at radius 3 is 2.46 bits per heavy atom. The highest BCUT2D eigenvalue weighted by molar-refractivity contribution is 7.90. The molecule has 4 N–H and O–H groups in total. The first-order valence-corrected chi connectivity index (χ1v) is 26.9. The summed E-state index contributed by atoms with van der Waals surface area (Å²) in [5.74, 6) is -0.533. The summed E-state index contributed by atoms with van der Waals surface area (Å²) in [5.41, 5.74) is 5.28. The molecule has 67 heavy (non-hydrogen) atoms. The van der Waals surface area contributed by atoms with Crippen molar-refractivity contribution in [3.8, 4) is 11.5 Å². The third kappa shape index (κ3) is 11.4. The number of H-pyrrole nitrogens is 1. The van der Waals surface area contributed by atoms with Crippen molar-refractivity contribution in [3.63, 3.8) is 0 Å². The maximum atomic E-state index is 14.1. The van der Waals surface area contributed by atoms with Gasteiger partial charge in [0.15, 0.2) is 0 Å². The number of pyridine rings is 1. The summed E-state index contributed by atoms with van der Waals surface area (Å²) in [6.45, 7) is 13.5. The molecule has 0 bridgehead atoms. The topological polar surface area (TPSA) is 195 Å². The molecule has 4 heterocycles. The minimum Gasteiger partial charge on any atom is -0.455 e. The summed E-state index contributed by atoms with van der Waals surface area (Å²) in [4.78, 5) is 50.1. The van der Waals surface area contributed by atoms with Crippen LogP contribution in [0.2, 0.25) is 5.02 Å². The van der Waals surface area contributed by atoms with Crippen molar-refractivity contribution in [1.29, 1.82) is 0 Å². The summed E-state index contributed by atoms with van der Waals surface area (Å²) in [5, 5.41) is 17.0. The SMILES string of the molecule is CO[C@@H](C(C)Nc1ccc(S(=O)(=O)NC(=O)c2ccc(N3CCN(CC4=C(c5ccc(Cl)cc5)CC(C)(C)CC4)CC3)cc2Oc2cnc3[nH]ccc3c2)cc1[N+](=O)[O-])N1CC[P+](C)(O)CC1. The predicted molar refractivity (Wildman–Crippen MR) is 265 cm³/mol. The molecule has 1 aliphatic carbocycles. The highest BCUT2D eigenvalue weighted by atomic mass is 35.5. The zero-order valence-electron chi connectivity index (χ0n) is 38.5. The van der Waals surface area contributed by atoms with Gasteiger partial charge in [-0.1, -0.05) is 43.2 Å². The van der Waals surface area contributed by atoms with Gasteiger partial charge in [0.2, 0.25) is 0 Å². The number of nitrogens with zero attached hydrogens (tertiary/aromatic N) is 5. The number of methoxy groups -OCH3 is 1. The van der Waals surface area contributed by atoms with Crippen molar-refractivity contribution < 1.29 is 32.5 Å². The van der Waals surface area contributed by atoms with Gasteiger partial charge in [0.05, 0.1) is 46.6 Å². The van der Waals surface area contributed by atoms with Crippen LogP contribution in [0.5, 0.6) is 11.5 Å². The number of anilines is 2. The molecule has 16 nitrogen and oxygen atoms in total. The molecule has 5 aromatic rings. The molecule has 2 saturated heterocycles. The van der Waals surface area contributed by atoms with Gasteiger partial charge in [-0.3, -0.25) is 29.6 Å². The molecule has 0 radical (unpaired) electrons. The molecule has 8 rings (SSSR count). The Morgan fingerprint density at radius 1 is 1.03 bits per heavy atom. The summed E-state index contributed by atoms with van der Waals surface area (Å²) >= 11 is 6.25. The zero-order chi connectivity index (χ0) is 47.7. The van der Waals surface area contributed by atoms with Gasteiger partial charge in [0.25, 0.3) is 21.6 Å². The Balaban J connectivity index is 0.996. The molecule has 0 spiro atoms. The van der Waals surface area contributed by atoms with E-state index in [0.717, 1.165) is 61.1 Å². The Kier molecular flexibility index (Phi) is 14.3. The first-order chi connectivity index (χ1) is 31.9. The van der Waals surface area contributed by atoms with E-state index < -0.39 is 51.2 Å². The standard InChI is InChI=1S/C48H58ClN8O8PS/c1-32(47(64-4)56-22-24-66(5,61)25-23-56)52-42-13-11-39(28-43(42)57(59)60)67(62,63)53-46(58)40-12-10-37(27-44(40)65-38-26-34-15-17-50-45(34)51-30-38)55-20-18-54(19-21-55)31-35-14-16-48(2,3)29-41(35)33-6-8-36(49)9-7-33/h6-13,15,17,26-28,30,32,47,52,61H,14,16,18-25,29,31H2,1-5H3,(H-,50,51,53,58)/p+1/t32?,47-/m0/s1. The highest BCUT2D eigenvalue weighted by Crippen LogP contribution is 2.52. The van der Waals surface area contributed by atoms with Crippen LogP contribution in [0.15, 0.2) is 95.7 Å². The fourth-order valence-electron chi connectivity index (χ4n) is 9.32. The van der Waals surface area contributed by atoms with Crippen molar-refractivity contribution in [2.24, 2.45) is 5.41 Å². The Labute approximate surface area is 397 Å². The number of halogens is 1. The maximum absolute atomic E-state index is 14.1. The zero-order valence-corrected chi connectivity index (χ0v) is 41.0. The fraction of sp³-hybridized carbons (Fsp3) is 0.417. The number of nitro benzene ring substituents is 1. The van der Waals surface area contributed by atoms with Crippen molar-refractivity contribution in [3.05, 3.63) is 117 Å². The number of nitrogens with one attached hydrogen (secondary N) is 3. The predicted octanol–water partition coefficient (Wildman–Crippen LogP) is 8.46. The lowest BCUT2D eigenvalue weighted by atomic mass is 9.72. The third-order valence-electron chi connectivity index (χ3n) is 13.2. The van der Waals surface area contributed by atoms with Crippen molar-refractivity contribution >= 4 is 68.7 Å². The molecular formula is C48H59ClN8O8PS+. The molecule has 3 aliphatic rings. The van der Waals surface area contributed by atoms with E-state index in [4.69, 9.17) is 21.1 Å². The van der Waals surface area contributed by atoms with E-state index in [1.807, 2.05) is 31.8 Å². The highest BCUT2D eigenvalue weighted by Gasteiger charge is 2.39. The number of hydrogen-bond donors (Lipinski definition) is 4. The summed E-state index contributed by atoms with van der Waals surface area (Å²) in [7, 11) is -5.04. The number of ether oxygens (including phenoxy) is 2. The van der Waals surface area contributed by atoms with E-state index in [1.54, 1.807) is 31.5 Å². The van der Waals surface area contributed by atoms with E-state index in [1.165, 1.54) is 41.1 Å². The minimum absolute atomic E-state index is 0.0596. The molecule has 2 aliphatic heterocycles. The van der Waals surface area contributed by atoms with Crippen LogP contribution < -0.4 is 19.7 Å². The van der Waals surface area contributed by atoms with E-state index in [-0.39, 0.29) is 22.4 Å². The van der Waals surface area contributed by atoms with Crippen molar-refractivity contribution in [2.45, 2.75) is 57.2 Å². The van der Waals surface area contributed by atoms with Crippen LogP contribution in [0.1, 0.15) is 56.0 Å². The number of rotatable bonds is 15. The number of allylic oxidation sites excluding steroid dienone is 1. The lowest BCUT2D eigenvalue weighted by Gasteiger charge is -2.39. The molecule has 0 saturated carbocycles. The number of carbonyl (C=O) groups excluding carboxylic acids is 1. The number of nitro groups is 1. The number of hydrogen-bond acceptors (Lipinski definition) is 13. The van der Waals surface area contributed by atoms with Crippen LogP contribution in [-0.2, 0) is 14.8 Å². The van der Waals surface area contributed by atoms with E-state index in [2.05, 4.69) is 60.7 Å². The van der Waals surface area contributed by atoms with Gasteiger partial charge < -0.3 is 24.7 Å². The third-order valence-corrected chi connectivity index (χ3v) is 17.1. The second-order valence-electron chi connectivity index (χ2n) is 18.8. The van der Waals surface area contributed by atoms with Crippen LogP contribution in [0, 0.1) is 15.5 Å². The molecule has 19 heteroatoms. The number of piperazine rings is 1. The van der Waals surface area contributed by atoms with Crippen LogP contribution in [0.25, 0.3) is 16.6 Å². The molecule has 3 aromatic carbocycles. The normalized spacial score (nSPS) is 18.9. The molecule has 1 unspecified atom stereocenters. The Bertz CT molecular complexity index is 2770. The van der Waals surface area contributed by atoms with E-state index in [9.17, 15) is 28.2 Å². The molecule has 2 atom stereocenters. The van der Waals surface area contributed by atoms with Crippen LogP contribution in [-0.4, -0.2) is 128 Å². The monoisotopic (exact) mass is 973 g/mol. The van der Waals surface area contributed by atoms with Crippen LogP contribution >= 0.6 is 19.1 Å². The summed E-state index contributed by atoms with van der Waals surface area (Å²) in [6.07, 6.45) is 7.28. The Hall–Kier alpha value is -5.13. The van der Waals surface area contributed by atoms with Crippen LogP contribution in [0.3, 0.4) is 0 Å². The van der Waals surface area contributed by atoms with E-state index in [0.29, 0.717) is 49.9 Å². The average Bonchev–Trinajstić information content (AvgIpc) is 3.76. The van der Waals surface area contributed by atoms with Gasteiger partial charge in [0.1, 0.15) is 36.6 Å². The van der Waals surface area contributed by atoms with Crippen LogP contribution in [0.4, 0.5) is 17.1 Å². The first-order valence-electron chi connectivity index (χ1n) is 22.5. The quantitative estimate of drug-likeness (QED) is 0.0444. The summed E-state index contributed by atoms with van der Waals surface area (Å²) < 4.78 is 42.0. The van der Waals surface area contributed by atoms with Crippen molar-refractivity contribution in [2.75, 3.05) is 82.1 Å². The van der Waals surface area contributed by atoms with Gasteiger partial charge in [-0.05, 0) is 91.3 Å². The largest absolute Gasteiger partial charge is 0.455 e.